The number of phenolic OH excluding ortho intramolecular Hbond substituents is 1. The van der Waals surface area contributed by atoms with E-state index >= 15 is 0 Å². The summed E-state index contributed by atoms with van der Waals surface area (Å²) in [6, 6.07) is 6.95. The number of carboxylic acid groups (broad SMARTS) is 1. The molecule has 1 aliphatic heterocycles. The van der Waals surface area contributed by atoms with Gasteiger partial charge in [-0.3, -0.25) is 4.79 Å². The van der Waals surface area contributed by atoms with Gasteiger partial charge < -0.3 is 25.2 Å². The standard InChI is InChI=1S/C21H11F2NO6.K/c22-13-4-11-17(6-15(13)25)30-18-7-16(26)14(23)5-12(18)19(11)9-2-1-8(20(24)27)3-10(9)21(28)29;/h1-7H,(H4,24,25,26,27,28,29);/q;+1/p-1. The Morgan fingerprint density at radius 3 is 2.32 bits per heavy atom. The summed E-state index contributed by atoms with van der Waals surface area (Å²) in [7, 11) is 0. The van der Waals surface area contributed by atoms with Crippen LogP contribution in [-0.4, -0.2) is 22.1 Å². The Kier molecular flexibility index (Phi) is 6.30. The number of rotatable bonds is 3. The number of amides is 1. The maximum atomic E-state index is 14.1. The maximum Gasteiger partial charge on any atom is 1.00 e. The minimum absolute atomic E-state index is 0. The summed E-state index contributed by atoms with van der Waals surface area (Å²) in [5, 5.41) is 19.3. The Morgan fingerprint density at radius 2 is 1.68 bits per heavy atom. The van der Waals surface area contributed by atoms with Gasteiger partial charge in [0.15, 0.2) is 17.4 Å². The van der Waals surface area contributed by atoms with E-state index in [0.29, 0.717) is 0 Å². The van der Waals surface area contributed by atoms with E-state index < -0.39 is 40.3 Å². The molecular formula is C21H10F2KNO6. The largest absolute Gasteiger partial charge is 1.00 e. The fourth-order valence-electron chi connectivity index (χ4n) is 3.27. The van der Waals surface area contributed by atoms with Gasteiger partial charge in [-0.2, -0.15) is 0 Å². The van der Waals surface area contributed by atoms with Gasteiger partial charge in [-0.05, 0) is 29.3 Å². The molecule has 2 aliphatic rings. The van der Waals surface area contributed by atoms with E-state index in [4.69, 9.17) is 10.2 Å². The molecule has 0 saturated heterocycles. The Bertz CT molecular complexity index is 1420. The van der Waals surface area contributed by atoms with Gasteiger partial charge in [0.25, 0.3) is 0 Å². The van der Waals surface area contributed by atoms with Gasteiger partial charge >= 0.3 is 57.4 Å². The molecule has 0 unspecified atom stereocenters. The Hall–Kier alpha value is -2.63. The molecule has 1 aliphatic carbocycles. The molecule has 0 saturated carbocycles. The number of carboxylic acids is 1. The molecule has 7 nitrogen and oxygen atoms in total. The van der Waals surface area contributed by atoms with Crippen molar-refractivity contribution in [3.63, 3.8) is 0 Å². The Labute approximate surface area is 214 Å². The molecule has 1 amide bonds. The van der Waals surface area contributed by atoms with Crippen LogP contribution in [0.15, 0.2) is 51.7 Å². The summed E-state index contributed by atoms with van der Waals surface area (Å²) >= 11 is 0. The molecule has 0 radical (unpaired) electrons. The zero-order valence-corrected chi connectivity index (χ0v) is 18.9. The van der Waals surface area contributed by atoms with Crippen LogP contribution < -0.4 is 56.8 Å². The van der Waals surface area contributed by atoms with Crippen molar-refractivity contribution in [2.24, 2.45) is 0 Å². The first-order valence-corrected chi connectivity index (χ1v) is 8.39. The third kappa shape index (κ3) is 4.00. The smallest absolute Gasteiger partial charge is 0.664 e. The molecule has 10 heteroatoms. The second-order valence-electron chi connectivity index (χ2n) is 6.45. The molecule has 0 bridgehead atoms. The molecule has 0 aromatic heterocycles. The van der Waals surface area contributed by atoms with Crippen molar-refractivity contribution in [2.75, 3.05) is 0 Å². The maximum absolute atomic E-state index is 14.1. The van der Waals surface area contributed by atoms with Crippen molar-refractivity contribution >= 4 is 22.8 Å². The fraction of sp³-hybridized carbons (Fsp3) is 0. The van der Waals surface area contributed by atoms with Gasteiger partial charge in [0.05, 0.1) is 11.5 Å². The quantitative estimate of drug-likeness (QED) is 0.360. The topological polar surface area (TPSA) is 129 Å². The molecule has 0 fully saturated rings. The van der Waals surface area contributed by atoms with E-state index in [2.05, 4.69) is 0 Å². The molecule has 1 heterocycles. The predicted molar refractivity (Wildman–Crippen MR) is 102 cm³/mol. The van der Waals surface area contributed by atoms with Crippen molar-refractivity contribution in [2.45, 2.75) is 0 Å². The van der Waals surface area contributed by atoms with Gasteiger partial charge in [-0.1, -0.05) is 12.1 Å². The minimum Gasteiger partial charge on any atom is -0.664 e. The van der Waals surface area contributed by atoms with E-state index in [0.717, 1.165) is 30.3 Å². The van der Waals surface area contributed by atoms with Gasteiger partial charge in [-0.25, -0.2) is 13.6 Å². The van der Waals surface area contributed by atoms with Crippen LogP contribution in [0.3, 0.4) is 0 Å². The number of carbonyl (C=O) groups excluding carboxylic acids is 1. The van der Waals surface area contributed by atoms with Crippen LogP contribution >= 0.6 is 0 Å². The molecule has 2 aromatic rings. The summed E-state index contributed by atoms with van der Waals surface area (Å²) in [6.45, 7) is 0. The summed E-state index contributed by atoms with van der Waals surface area (Å²) in [4.78, 5) is 34.9. The summed E-state index contributed by atoms with van der Waals surface area (Å²) in [5.74, 6) is -5.59. The van der Waals surface area contributed by atoms with Crippen LogP contribution in [0, 0.1) is 11.6 Å². The number of carbonyl (C=O) groups is 2. The van der Waals surface area contributed by atoms with Crippen LogP contribution in [0.5, 0.6) is 5.75 Å². The molecular weight excluding hydrogens is 439 g/mol. The molecule has 4 rings (SSSR count). The van der Waals surface area contributed by atoms with Crippen LogP contribution in [0.4, 0.5) is 8.78 Å². The summed E-state index contributed by atoms with van der Waals surface area (Å²) in [5.41, 5.74) is 5.51. The molecule has 2 aromatic carbocycles. The van der Waals surface area contributed by atoms with Crippen LogP contribution in [-0.2, 0) is 0 Å². The minimum atomic E-state index is -1.45. The van der Waals surface area contributed by atoms with E-state index in [-0.39, 0.29) is 90.4 Å². The third-order valence-electron chi connectivity index (χ3n) is 4.62. The van der Waals surface area contributed by atoms with Gasteiger partial charge in [0.2, 0.25) is 5.43 Å². The van der Waals surface area contributed by atoms with Crippen molar-refractivity contribution in [3.8, 4) is 28.2 Å². The SMILES string of the molecule is [K+].[NH-]C(=O)c1ccc(-c2c3cc(F)c(=O)cc-3oc3cc(O)c(F)cc23)c(C(=O)O)c1. The van der Waals surface area contributed by atoms with Gasteiger partial charge in [-0.15, -0.1) is 0 Å². The predicted octanol–water partition coefficient (Wildman–Crippen LogP) is 1.44. The number of fused-ring (bicyclic) bond motifs is 2. The Balaban J connectivity index is 0.00000272. The van der Waals surface area contributed by atoms with E-state index in [1.165, 1.54) is 12.1 Å². The zero-order valence-electron chi connectivity index (χ0n) is 15.8. The number of aromatic hydroxyl groups is 1. The number of phenols is 1. The second-order valence-corrected chi connectivity index (χ2v) is 6.45. The number of aromatic carboxylic acids is 1. The van der Waals surface area contributed by atoms with E-state index in [1.54, 1.807) is 0 Å². The molecule has 31 heavy (non-hydrogen) atoms. The van der Waals surface area contributed by atoms with E-state index in [1.807, 2.05) is 0 Å². The molecule has 3 N–H and O–H groups in total. The Morgan fingerprint density at radius 1 is 0.968 bits per heavy atom. The van der Waals surface area contributed by atoms with Gasteiger partial charge in [0.1, 0.15) is 11.3 Å². The average Bonchev–Trinajstić information content (AvgIpc) is 2.68. The number of nitrogens with one attached hydrogen (secondary N) is 1. The molecule has 0 atom stereocenters. The number of benzene rings is 3. The van der Waals surface area contributed by atoms with Crippen LogP contribution in [0.1, 0.15) is 20.7 Å². The zero-order chi connectivity index (χ0) is 21.7. The van der Waals surface area contributed by atoms with Crippen LogP contribution in [0.25, 0.3) is 39.2 Å². The first-order chi connectivity index (χ1) is 14.2. The monoisotopic (exact) mass is 449 g/mol. The summed E-state index contributed by atoms with van der Waals surface area (Å²) < 4.78 is 33.7. The summed E-state index contributed by atoms with van der Waals surface area (Å²) in [6.07, 6.45) is 0. The molecule has 0 spiro atoms. The number of hydrogen-bond donors (Lipinski definition) is 2. The van der Waals surface area contributed by atoms with Gasteiger partial charge in [0, 0.05) is 28.6 Å². The van der Waals surface area contributed by atoms with E-state index in [9.17, 15) is 33.4 Å². The first-order valence-electron chi connectivity index (χ1n) is 8.39. The average molecular weight is 449 g/mol. The molecule has 150 valence electrons. The van der Waals surface area contributed by atoms with Crippen molar-refractivity contribution in [3.05, 3.63) is 81.2 Å². The first kappa shape index (κ1) is 23.0. The van der Waals surface area contributed by atoms with Crippen molar-refractivity contribution in [1.82, 2.24) is 0 Å². The van der Waals surface area contributed by atoms with Crippen LogP contribution in [0.2, 0.25) is 0 Å². The third-order valence-corrected chi connectivity index (χ3v) is 4.62. The number of halogens is 2. The fourth-order valence-corrected chi connectivity index (χ4v) is 3.27. The second kappa shape index (κ2) is 8.48. The van der Waals surface area contributed by atoms with Crippen molar-refractivity contribution < 1.29 is 84.4 Å². The van der Waals surface area contributed by atoms with Crippen molar-refractivity contribution in [1.29, 1.82) is 0 Å². The number of hydrogen-bond acceptors (Lipinski definition) is 5. The normalized spacial score (nSPS) is 10.8.